The minimum atomic E-state index is -0.187. The zero-order valence-corrected chi connectivity index (χ0v) is 20.9. The molecule has 1 aliphatic rings. The third kappa shape index (κ3) is 5.62. The second-order valence-electron chi connectivity index (χ2n) is 8.99. The van der Waals surface area contributed by atoms with Gasteiger partial charge < -0.3 is 10.1 Å². The van der Waals surface area contributed by atoms with E-state index in [4.69, 9.17) is 16.3 Å². The molecule has 6 nitrogen and oxygen atoms in total. The maximum Gasteiger partial charge on any atom is 0.256 e. The van der Waals surface area contributed by atoms with Crippen LogP contribution in [0, 0.1) is 13.8 Å². The highest BCUT2D eigenvalue weighted by atomic mass is 35.5. The molecule has 0 aliphatic carbocycles. The molecule has 0 radical (unpaired) electrons. The Bertz CT molecular complexity index is 1100. The molecule has 1 amide bonds. The molecule has 34 heavy (non-hydrogen) atoms. The summed E-state index contributed by atoms with van der Waals surface area (Å²) in [5, 5.41) is 8.05. The highest BCUT2D eigenvalue weighted by Gasteiger charge is 2.25. The van der Waals surface area contributed by atoms with Crippen LogP contribution in [0.4, 0.5) is 0 Å². The molecule has 1 saturated heterocycles. The normalized spacial score (nSPS) is 15.2. The molecule has 2 aromatic carbocycles. The van der Waals surface area contributed by atoms with Gasteiger partial charge in [-0.25, -0.2) is 4.68 Å². The van der Waals surface area contributed by atoms with Crippen LogP contribution in [0.15, 0.2) is 48.5 Å². The van der Waals surface area contributed by atoms with E-state index in [-0.39, 0.29) is 11.9 Å². The number of ether oxygens (including phenoxy) is 1. The van der Waals surface area contributed by atoms with Crippen LogP contribution in [0.2, 0.25) is 5.15 Å². The highest BCUT2D eigenvalue weighted by molar-refractivity contribution is 6.33. The first-order chi connectivity index (χ1) is 16.5. The number of piperidine rings is 1. The topological polar surface area (TPSA) is 59.4 Å². The molecule has 4 rings (SSSR count). The van der Waals surface area contributed by atoms with Gasteiger partial charge in [-0.2, -0.15) is 5.10 Å². The number of carbonyl (C=O) groups is 1. The van der Waals surface area contributed by atoms with E-state index in [1.807, 2.05) is 19.1 Å². The lowest BCUT2D eigenvalue weighted by Gasteiger charge is -2.35. The Morgan fingerprint density at radius 2 is 1.74 bits per heavy atom. The Morgan fingerprint density at radius 3 is 2.38 bits per heavy atom. The molecule has 1 aliphatic heterocycles. The fourth-order valence-electron chi connectivity index (χ4n) is 4.57. The second kappa shape index (κ2) is 11.1. The van der Waals surface area contributed by atoms with Crippen molar-refractivity contribution >= 4 is 17.5 Å². The van der Waals surface area contributed by atoms with Crippen molar-refractivity contribution in [2.75, 3.05) is 26.7 Å². The molecule has 1 atom stereocenters. The number of halogens is 1. The van der Waals surface area contributed by atoms with Crippen LogP contribution in [-0.4, -0.2) is 47.3 Å². The lowest BCUT2D eigenvalue weighted by Crippen LogP contribution is -2.40. The Balaban J connectivity index is 1.49. The molecule has 2 heterocycles. The van der Waals surface area contributed by atoms with E-state index in [2.05, 4.69) is 58.6 Å². The van der Waals surface area contributed by atoms with E-state index in [0.29, 0.717) is 29.5 Å². The highest BCUT2D eigenvalue weighted by Crippen LogP contribution is 2.27. The number of hydrogen-bond acceptors (Lipinski definition) is 4. The third-order valence-corrected chi connectivity index (χ3v) is 6.92. The summed E-state index contributed by atoms with van der Waals surface area (Å²) in [5.74, 6) is 0.641. The summed E-state index contributed by atoms with van der Waals surface area (Å²) in [4.78, 5) is 15.7. The molecule has 0 spiro atoms. The lowest BCUT2D eigenvalue weighted by atomic mass is 10.0. The summed E-state index contributed by atoms with van der Waals surface area (Å²) in [6, 6.07) is 16.5. The Kier molecular flexibility index (Phi) is 7.91. The molecule has 1 aromatic heterocycles. The number of aromatic nitrogens is 2. The summed E-state index contributed by atoms with van der Waals surface area (Å²) in [6.07, 6.45) is 3.61. The average Bonchev–Trinajstić information content (AvgIpc) is 3.14. The molecule has 0 bridgehead atoms. The molecule has 1 fully saturated rings. The fraction of sp³-hybridized carbons (Fsp3) is 0.407. The largest absolute Gasteiger partial charge is 0.497 e. The van der Waals surface area contributed by atoms with E-state index in [1.165, 1.54) is 30.4 Å². The van der Waals surface area contributed by atoms with E-state index in [0.717, 1.165) is 24.4 Å². The van der Waals surface area contributed by atoms with E-state index < -0.39 is 0 Å². The predicted molar refractivity (Wildman–Crippen MR) is 136 cm³/mol. The molecular weight excluding hydrogens is 448 g/mol. The van der Waals surface area contributed by atoms with Gasteiger partial charge in [0.25, 0.3) is 5.91 Å². The van der Waals surface area contributed by atoms with Crippen LogP contribution in [-0.2, 0) is 6.54 Å². The number of rotatable bonds is 8. The first kappa shape index (κ1) is 24.3. The van der Waals surface area contributed by atoms with Gasteiger partial charge in [-0.3, -0.25) is 9.69 Å². The van der Waals surface area contributed by atoms with Crippen molar-refractivity contribution in [2.45, 2.75) is 45.7 Å². The van der Waals surface area contributed by atoms with Gasteiger partial charge in [0.2, 0.25) is 0 Å². The molecule has 0 saturated carbocycles. The van der Waals surface area contributed by atoms with Gasteiger partial charge in [-0.1, -0.05) is 60.0 Å². The summed E-state index contributed by atoms with van der Waals surface area (Å²) >= 11 is 6.64. The van der Waals surface area contributed by atoms with Gasteiger partial charge in [0, 0.05) is 6.54 Å². The average molecular weight is 481 g/mol. The van der Waals surface area contributed by atoms with Crippen LogP contribution >= 0.6 is 11.6 Å². The number of amides is 1. The van der Waals surface area contributed by atoms with Crippen molar-refractivity contribution in [1.82, 2.24) is 20.0 Å². The fourth-order valence-corrected chi connectivity index (χ4v) is 4.89. The van der Waals surface area contributed by atoms with Crippen LogP contribution in [0.5, 0.6) is 5.75 Å². The molecule has 1 unspecified atom stereocenters. The van der Waals surface area contributed by atoms with Crippen LogP contribution < -0.4 is 10.1 Å². The summed E-state index contributed by atoms with van der Waals surface area (Å²) in [7, 11) is 1.67. The van der Waals surface area contributed by atoms with Gasteiger partial charge in [0.1, 0.15) is 10.9 Å². The quantitative estimate of drug-likeness (QED) is 0.483. The van der Waals surface area contributed by atoms with Crippen molar-refractivity contribution in [3.8, 4) is 5.75 Å². The van der Waals surface area contributed by atoms with Crippen LogP contribution in [0.25, 0.3) is 0 Å². The standard InChI is InChI=1S/C27H33ClN4O2/c1-19-7-9-21(10-8-19)18-32-26(28)25(20(2)30-32)27(33)29-17-24(31-15-5-4-6-16-31)22-11-13-23(34-3)14-12-22/h7-14,24H,4-6,15-18H2,1-3H3,(H,29,33). The van der Waals surface area contributed by atoms with Gasteiger partial charge in [-0.05, 0) is 63.0 Å². The first-order valence-corrected chi connectivity index (χ1v) is 12.3. The van der Waals surface area contributed by atoms with Gasteiger partial charge in [-0.15, -0.1) is 0 Å². The van der Waals surface area contributed by atoms with Crippen molar-refractivity contribution in [2.24, 2.45) is 0 Å². The van der Waals surface area contributed by atoms with Crippen LogP contribution in [0.1, 0.15) is 58.0 Å². The summed E-state index contributed by atoms with van der Waals surface area (Å²) < 4.78 is 7.02. The van der Waals surface area contributed by atoms with Crippen molar-refractivity contribution < 1.29 is 9.53 Å². The van der Waals surface area contributed by atoms with Crippen molar-refractivity contribution in [3.05, 3.63) is 81.6 Å². The Labute approximate surface area is 206 Å². The number of nitrogens with zero attached hydrogens (tertiary/aromatic N) is 3. The maximum absolute atomic E-state index is 13.2. The molecular formula is C27H33ClN4O2. The number of hydrogen-bond donors (Lipinski definition) is 1. The minimum Gasteiger partial charge on any atom is -0.497 e. The first-order valence-electron chi connectivity index (χ1n) is 11.9. The summed E-state index contributed by atoms with van der Waals surface area (Å²) in [6.45, 7) is 6.97. The minimum absolute atomic E-state index is 0.0943. The third-order valence-electron chi connectivity index (χ3n) is 6.53. The summed E-state index contributed by atoms with van der Waals surface area (Å²) in [5.41, 5.74) is 4.54. The smallest absolute Gasteiger partial charge is 0.256 e. The van der Waals surface area contributed by atoms with Gasteiger partial charge in [0.15, 0.2) is 0 Å². The SMILES string of the molecule is COc1ccc(C(CNC(=O)c2c(C)nn(Cc3ccc(C)cc3)c2Cl)N2CCCCC2)cc1. The number of carbonyl (C=O) groups excluding carboxylic acids is 1. The maximum atomic E-state index is 13.2. The number of likely N-dealkylation sites (tertiary alicyclic amines) is 1. The zero-order chi connectivity index (χ0) is 24.1. The lowest BCUT2D eigenvalue weighted by molar-refractivity contribution is 0.0924. The van der Waals surface area contributed by atoms with E-state index in [9.17, 15) is 4.79 Å². The molecule has 7 heteroatoms. The van der Waals surface area contributed by atoms with Crippen molar-refractivity contribution in [3.63, 3.8) is 0 Å². The van der Waals surface area contributed by atoms with E-state index >= 15 is 0 Å². The van der Waals surface area contributed by atoms with Gasteiger partial charge in [0.05, 0.1) is 31.0 Å². The molecule has 180 valence electrons. The van der Waals surface area contributed by atoms with E-state index in [1.54, 1.807) is 11.8 Å². The monoisotopic (exact) mass is 480 g/mol. The number of methoxy groups -OCH3 is 1. The predicted octanol–water partition coefficient (Wildman–Crippen LogP) is 5.17. The van der Waals surface area contributed by atoms with Gasteiger partial charge >= 0.3 is 0 Å². The molecule has 3 aromatic rings. The zero-order valence-electron chi connectivity index (χ0n) is 20.2. The van der Waals surface area contributed by atoms with Crippen molar-refractivity contribution in [1.29, 1.82) is 0 Å². The Hall–Kier alpha value is -2.83. The number of nitrogens with one attached hydrogen (secondary N) is 1. The number of aryl methyl sites for hydroxylation is 2. The molecule has 1 N–H and O–H groups in total. The Morgan fingerprint density at radius 1 is 1.06 bits per heavy atom. The second-order valence-corrected chi connectivity index (χ2v) is 9.35. The van der Waals surface area contributed by atoms with Crippen LogP contribution in [0.3, 0.4) is 0 Å². The number of benzene rings is 2.